The predicted molar refractivity (Wildman–Crippen MR) is 84.2 cm³/mol. The zero-order valence-electron chi connectivity index (χ0n) is 11.9. The molecule has 0 unspecified atom stereocenters. The van der Waals surface area contributed by atoms with E-state index in [0.717, 1.165) is 16.6 Å². The molecule has 0 fully saturated rings. The number of fused-ring (bicyclic) bond motifs is 1. The van der Waals surface area contributed by atoms with Crippen LogP contribution in [0, 0.1) is 0 Å². The Hall–Kier alpha value is -2.62. The van der Waals surface area contributed by atoms with E-state index in [4.69, 9.17) is 5.73 Å². The Morgan fingerprint density at radius 2 is 1.95 bits per heavy atom. The van der Waals surface area contributed by atoms with Crippen LogP contribution in [0.3, 0.4) is 0 Å². The maximum Gasteiger partial charge on any atom is 0.165 e. The maximum absolute atomic E-state index is 12.4. The number of nitrogen functional groups attached to an aromatic ring is 1. The third kappa shape index (κ3) is 2.65. The molecule has 0 aliphatic rings. The normalized spacial score (nSPS) is 10.9. The van der Waals surface area contributed by atoms with Crippen LogP contribution in [-0.2, 0) is 13.5 Å². The van der Waals surface area contributed by atoms with E-state index >= 15 is 0 Å². The topological polar surface area (TPSA) is 60.9 Å². The number of carbonyl (C=O) groups excluding carboxylic acids is 1. The number of Topliss-reactive ketones (excluding diaryl/α,β-unsaturated/α-hetero) is 1. The molecule has 0 amide bonds. The van der Waals surface area contributed by atoms with Crippen LogP contribution < -0.4 is 5.73 Å². The van der Waals surface area contributed by atoms with E-state index in [9.17, 15) is 4.79 Å². The molecule has 0 bridgehead atoms. The molecule has 2 N–H and O–H groups in total. The van der Waals surface area contributed by atoms with Gasteiger partial charge >= 0.3 is 0 Å². The first-order valence-corrected chi connectivity index (χ1v) is 6.93. The lowest BCUT2D eigenvalue weighted by molar-refractivity contribution is 0.0983. The number of hydrogen-bond acceptors (Lipinski definition) is 3. The lowest BCUT2D eigenvalue weighted by atomic mass is 10.00. The van der Waals surface area contributed by atoms with Crippen LogP contribution in [0.1, 0.15) is 22.6 Å². The first-order chi connectivity index (χ1) is 10.1. The van der Waals surface area contributed by atoms with Gasteiger partial charge in [0.1, 0.15) is 5.82 Å². The molecule has 0 saturated heterocycles. The molecule has 0 spiro atoms. The Kier molecular flexibility index (Phi) is 3.44. The minimum atomic E-state index is 0.0567. The first-order valence-electron chi connectivity index (χ1n) is 6.93. The second-order valence-electron chi connectivity index (χ2n) is 5.16. The molecular formula is C17H17N3O. The van der Waals surface area contributed by atoms with Crippen molar-refractivity contribution in [2.24, 2.45) is 7.05 Å². The molecular weight excluding hydrogens is 262 g/mol. The molecule has 1 heterocycles. The summed E-state index contributed by atoms with van der Waals surface area (Å²) in [6, 6.07) is 11.7. The van der Waals surface area contributed by atoms with Crippen LogP contribution >= 0.6 is 0 Å². The second kappa shape index (κ2) is 5.40. The van der Waals surface area contributed by atoms with Crippen molar-refractivity contribution in [1.29, 1.82) is 0 Å². The quantitative estimate of drug-likeness (QED) is 0.590. The highest BCUT2D eigenvalue weighted by Gasteiger charge is 2.12. The van der Waals surface area contributed by atoms with E-state index in [1.54, 1.807) is 6.20 Å². The van der Waals surface area contributed by atoms with Gasteiger partial charge < -0.3 is 10.3 Å². The van der Waals surface area contributed by atoms with Gasteiger partial charge in [-0.3, -0.25) is 4.79 Å². The number of imidazole rings is 1. The molecule has 2 aromatic carbocycles. The Labute approximate surface area is 123 Å². The van der Waals surface area contributed by atoms with Gasteiger partial charge in [-0.15, -0.1) is 0 Å². The fourth-order valence-corrected chi connectivity index (χ4v) is 2.50. The number of hydrogen-bond donors (Lipinski definition) is 1. The molecule has 106 valence electrons. The zero-order valence-corrected chi connectivity index (χ0v) is 11.9. The summed E-state index contributed by atoms with van der Waals surface area (Å²) in [5.41, 5.74) is 7.16. The average Bonchev–Trinajstić information content (AvgIpc) is 2.89. The van der Waals surface area contributed by atoms with Crippen LogP contribution in [0.2, 0.25) is 0 Å². The molecule has 0 radical (unpaired) electrons. The van der Waals surface area contributed by atoms with Crippen molar-refractivity contribution in [3.63, 3.8) is 0 Å². The Morgan fingerprint density at radius 1 is 1.24 bits per heavy atom. The molecule has 0 saturated carbocycles. The molecule has 4 nitrogen and oxygen atoms in total. The van der Waals surface area contributed by atoms with Gasteiger partial charge in [0, 0.05) is 43.5 Å². The van der Waals surface area contributed by atoms with Crippen LogP contribution in [0.15, 0.2) is 48.8 Å². The first kappa shape index (κ1) is 13.4. The highest BCUT2D eigenvalue weighted by atomic mass is 16.1. The summed E-state index contributed by atoms with van der Waals surface area (Å²) in [6.45, 7) is 0. The highest BCUT2D eigenvalue weighted by molar-refractivity contribution is 6.05. The maximum atomic E-state index is 12.4. The van der Waals surface area contributed by atoms with Crippen LogP contribution in [0.4, 0.5) is 5.69 Å². The molecule has 4 heteroatoms. The van der Waals surface area contributed by atoms with Gasteiger partial charge in [-0.25, -0.2) is 4.98 Å². The number of anilines is 1. The van der Waals surface area contributed by atoms with Gasteiger partial charge in [0.15, 0.2) is 5.78 Å². The van der Waals surface area contributed by atoms with Gasteiger partial charge in [-0.2, -0.15) is 0 Å². The van der Waals surface area contributed by atoms with Crippen molar-refractivity contribution in [3.8, 4) is 0 Å². The average molecular weight is 279 g/mol. The number of aromatic nitrogens is 2. The number of rotatable bonds is 4. The lowest BCUT2D eigenvalue weighted by Gasteiger charge is -2.07. The van der Waals surface area contributed by atoms with Gasteiger partial charge in [0.25, 0.3) is 0 Å². The van der Waals surface area contributed by atoms with Crippen molar-refractivity contribution < 1.29 is 4.79 Å². The van der Waals surface area contributed by atoms with Gasteiger partial charge in [-0.1, -0.05) is 24.3 Å². The van der Waals surface area contributed by atoms with Crippen LogP contribution in [0.5, 0.6) is 0 Å². The zero-order chi connectivity index (χ0) is 14.8. The van der Waals surface area contributed by atoms with Gasteiger partial charge in [0.2, 0.25) is 0 Å². The second-order valence-corrected chi connectivity index (χ2v) is 5.16. The summed E-state index contributed by atoms with van der Waals surface area (Å²) in [7, 11) is 1.93. The Bertz CT molecular complexity index is 805. The number of carbonyl (C=O) groups is 1. The minimum absolute atomic E-state index is 0.0567. The molecule has 0 aliphatic carbocycles. The summed E-state index contributed by atoms with van der Waals surface area (Å²) < 4.78 is 1.93. The van der Waals surface area contributed by atoms with Crippen molar-refractivity contribution >= 4 is 22.2 Å². The van der Waals surface area contributed by atoms with Crippen LogP contribution in [-0.4, -0.2) is 15.3 Å². The SMILES string of the molecule is Cn1ccnc1CCC(=O)c1cc2ccccc2cc1N. The molecule has 0 atom stereocenters. The smallest absolute Gasteiger partial charge is 0.165 e. The summed E-state index contributed by atoms with van der Waals surface area (Å²) in [4.78, 5) is 16.6. The van der Waals surface area contributed by atoms with Gasteiger partial charge in [0.05, 0.1) is 0 Å². The number of nitrogens with two attached hydrogens (primary N) is 1. The monoisotopic (exact) mass is 279 g/mol. The summed E-state index contributed by atoms with van der Waals surface area (Å²) in [5, 5.41) is 2.09. The van der Waals surface area contributed by atoms with Crippen molar-refractivity contribution in [3.05, 3.63) is 60.2 Å². The van der Waals surface area contributed by atoms with E-state index < -0.39 is 0 Å². The van der Waals surface area contributed by atoms with E-state index in [1.165, 1.54) is 0 Å². The minimum Gasteiger partial charge on any atom is -0.398 e. The van der Waals surface area contributed by atoms with Crippen molar-refractivity contribution in [2.75, 3.05) is 5.73 Å². The van der Waals surface area contributed by atoms with E-state index in [2.05, 4.69) is 4.98 Å². The fourth-order valence-electron chi connectivity index (χ4n) is 2.50. The highest BCUT2D eigenvalue weighted by Crippen LogP contribution is 2.23. The van der Waals surface area contributed by atoms with Crippen molar-refractivity contribution in [1.82, 2.24) is 9.55 Å². The van der Waals surface area contributed by atoms with Gasteiger partial charge in [-0.05, 0) is 22.9 Å². The number of aryl methyl sites for hydroxylation is 2. The lowest BCUT2D eigenvalue weighted by Crippen LogP contribution is -2.07. The number of nitrogens with zero attached hydrogens (tertiary/aromatic N) is 2. The molecule has 1 aromatic heterocycles. The summed E-state index contributed by atoms with van der Waals surface area (Å²) >= 11 is 0. The van der Waals surface area contributed by atoms with Crippen molar-refractivity contribution in [2.45, 2.75) is 12.8 Å². The third-order valence-corrected chi connectivity index (χ3v) is 3.71. The molecule has 3 aromatic rings. The summed E-state index contributed by atoms with van der Waals surface area (Å²) in [5.74, 6) is 0.962. The third-order valence-electron chi connectivity index (χ3n) is 3.71. The van der Waals surface area contributed by atoms with E-state index in [1.807, 2.05) is 54.2 Å². The molecule has 0 aliphatic heterocycles. The Balaban J connectivity index is 1.84. The molecule has 3 rings (SSSR count). The standard InChI is InChI=1S/C17H17N3O/c1-20-9-8-19-17(20)7-6-16(21)14-10-12-4-2-3-5-13(12)11-15(14)18/h2-5,8-11H,6-7,18H2,1H3. The Morgan fingerprint density at radius 3 is 2.62 bits per heavy atom. The van der Waals surface area contributed by atoms with Crippen LogP contribution in [0.25, 0.3) is 10.8 Å². The number of ketones is 1. The largest absolute Gasteiger partial charge is 0.398 e. The summed E-state index contributed by atoms with van der Waals surface area (Å²) in [6.07, 6.45) is 4.65. The van der Waals surface area contributed by atoms with E-state index in [0.29, 0.717) is 24.1 Å². The van der Waals surface area contributed by atoms with E-state index in [-0.39, 0.29) is 5.78 Å². The number of benzene rings is 2. The fraction of sp³-hybridized carbons (Fsp3) is 0.176. The molecule has 21 heavy (non-hydrogen) atoms. The predicted octanol–water partition coefficient (Wildman–Crippen LogP) is 2.97.